The SMILES string of the molecule is O=C(CN1C(=O)NC2(CCCC2)C1=O)OCc1cccc(C(F)(F)F)c1. The van der Waals surface area contributed by atoms with Crippen LogP contribution in [0.25, 0.3) is 0 Å². The number of imide groups is 1. The number of urea groups is 1. The lowest BCUT2D eigenvalue weighted by atomic mass is 9.98. The van der Waals surface area contributed by atoms with Gasteiger partial charge in [-0.1, -0.05) is 25.0 Å². The first-order valence-electron chi connectivity index (χ1n) is 8.17. The minimum atomic E-state index is -4.49. The minimum absolute atomic E-state index is 0.164. The highest BCUT2D eigenvalue weighted by Crippen LogP contribution is 2.35. The van der Waals surface area contributed by atoms with E-state index in [1.807, 2.05) is 0 Å². The van der Waals surface area contributed by atoms with E-state index in [2.05, 4.69) is 5.32 Å². The maximum Gasteiger partial charge on any atom is 0.416 e. The fraction of sp³-hybridized carbons (Fsp3) is 0.471. The number of alkyl halides is 3. The van der Waals surface area contributed by atoms with E-state index in [0.717, 1.165) is 29.9 Å². The van der Waals surface area contributed by atoms with Gasteiger partial charge in [-0.05, 0) is 30.5 Å². The summed E-state index contributed by atoms with van der Waals surface area (Å²) < 4.78 is 42.9. The van der Waals surface area contributed by atoms with Crippen LogP contribution in [0.15, 0.2) is 24.3 Å². The lowest BCUT2D eigenvalue weighted by molar-refractivity contribution is -0.148. The quantitative estimate of drug-likeness (QED) is 0.653. The number of hydrogen-bond acceptors (Lipinski definition) is 4. The third kappa shape index (κ3) is 3.51. The summed E-state index contributed by atoms with van der Waals surface area (Å²) in [6.07, 6.45) is -1.78. The number of carbonyl (C=O) groups excluding carboxylic acids is 3. The molecule has 3 amide bonds. The van der Waals surface area contributed by atoms with Gasteiger partial charge in [0.15, 0.2) is 0 Å². The maximum absolute atomic E-state index is 12.7. The molecule has 9 heteroatoms. The van der Waals surface area contributed by atoms with Gasteiger partial charge in [-0.3, -0.25) is 14.5 Å². The number of rotatable bonds is 4. The van der Waals surface area contributed by atoms with Crippen molar-refractivity contribution in [3.8, 4) is 0 Å². The monoisotopic (exact) mass is 370 g/mol. The first-order chi connectivity index (χ1) is 12.2. The topological polar surface area (TPSA) is 75.7 Å². The Morgan fingerprint density at radius 2 is 1.92 bits per heavy atom. The van der Waals surface area contributed by atoms with Crippen molar-refractivity contribution in [3.63, 3.8) is 0 Å². The second-order valence-electron chi connectivity index (χ2n) is 6.47. The number of halogens is 3. The molecule has 1 aromatic rings. The second kappa shape index (κ2) is 6.62. The summed E-state index contributed by atoms with van der Waals surface area (Å²) in [6, 6.07) is 3.76. The molecule has 0 radical (unpaired) electrons. The van der Waals surface area contributed by atoms with Crippen molar-refractivity contribution in [2.75, 3.05) is 6.54 Å². The second-order valence-corrected chi connectivity index (χ2v) is 6.47. The van der Waals surface area contributed by atoms with Gasteiger partial charge in [0.2, 0.25) is 0 Å². The first-order valence-corrected chi connectivity index (χ1v) is 8.17. The third-order valence-electron chi connectivity index (χ3n) is 4.64. The van der Waals surface area contributed by atoms with Crippen molar-refractivity contribution in [2.45, 2.75) is 44.0 Å². The van der Waals surface area contributed by atoms with Gasteiger partial charge in [0, 0.05) is 0 Å². The lowest BCUT2D eigenvalue weighted by Gasteiger charge is -2.19. The van der Waals surface area contributed by atoms with E-state index in [0.29, 0.717) is 12.8 Å². The predicted octanol–water partition coefficient (Wildman–Crippen LogP) is 2.61. The number of esters is 1. The summed E-state index contributed by atoms with van der Waals surface area (Å²) in [5.74, 6) is -1.31. The summed E-state index contributed by atoms with van der Waals surface area (Å²) in [4.78, 5) is 37.1. The van der Waals surface area contributed by atoms with E-state index in [-0.39, 0.29) is 12.2 Å². The largest absolute Gasteiger partial charge is 0.459 e. The molecular weight excluding hydrogens is 353 g/mol. The molecule has 2 fully saturated rings. The summed E-state index contributed by atoms with van der Waals surface area (Å²) in [7, 11) is 0. The van der Waals surface area contributed by atoms with Gasteiger partial charge >= 0.3 is 18.2 Å². The van der Waals surface area contributed by atoms with Crippen molar-refractivity contribution in [3.05, 3.63) is 35.4 Å². The Morgan fingerprint density at radius 1 is 1.23 bits per heavy atom. The van der Waals surface area contributed by atoms with Crippen LogP contribution in [0, 0.1) is 0 Å². The molecule has 1 N–H and O–H groups in total. The summed E-state index contributed by atoms with van der Waals surface area (Å²) in [6.45, 7) is -0.942. The van der Waals surface area contributed by atoms with Gasteiger partial charge in [-0.15, -0.1) is 0 Å². The number of amides is 3. The fourth-order valence-electron chi connectivity index (χ4n) is 3.31. The summed E-state index contributed by atoms with van der Waals surface area (Å²) in [5, 5.41) is 2.64. The van der Waals surface area contributed by atoms with E-state index >= 15 is 0 Å². The molecule has 1 heterocycles. The van der Waals surface area contributed by atoms with Gasteiger partial charge < -0.3 is 10.1 Å². The van der Waals surface area contributed by atoms with Gasteiger partial charge in [0.05, 0.1) is 5.56 Å². The molecule has 3 rings (SSSR count). The number of hydrogen-bond donors (Lipinski definition) is 1. The first kappa shape index (κ1) is 18.2. The van der Waals surface area contributed by atoms with Gasteiger partial charge in [0.1, 0.15) is 18.7 Å². The van der Waals surface area contributed by atoms with Crippen LogP contribution in [-0.2, 0) is 27.1 Å². The molecule has 1 spiro atoms. The van der Waals surface area contributed by atoms with Crippen LogP contribution in [0.3, 0.4) is 0 Å². The highest BCUT2D eigenvalue weighted by Gasteiger charge is 2.52. The number of carbonyl (C=O) groups is 3. The van der Waals surface area contributed by atoms with Crippen molar-refractivity contribution in [1.82, 2.24) is 10.2 Å². The van der Waals surface area contributed by atoms with Gasteiger partial charge in [0.25, 0.3) is 5.91 Å². The van der Waals surface area contributed by atoms with Crippen molar-refractivity contribution < 1.29 is 32.3 Å². The number of ether oxygens (including phenoxy) is 1. The Morgan fingerprint density at radius 3 is 2.58 bits per heavy atom. The molecule has 140 valence electrons. The summed E-state index contributed by atoms with van der Waals surface area (Å²) in [5.41, 5.74) is -1.60. The molecule has 0 unspecified atom stereocenters. The van der Waals surface area contributed by atoms with Gasteiger partial charge in [-0.25, -0.2) is 4.79 Å². The average molecular weight is 370 g/mol. The van der Waals surface area contributed by atoms with Crippen LogP contribution in [0.2, 0.25) is 0 Å². The molecule has 2 aliphatic rings. The Balaban J connectivity index is 1.58. The molecule has 6 nitrogen and oxygen atoms in total. The summed E-state index contributed by atoms with van der Waals surface area (Å²) >= 11 is 0. The van der Waals surface area contributed by atoms with Crippen LogP contribution in [-0.4, -0.2) is 34.9 Å². The van der Waals surface area contributed by atoms with Crippen LogP contribution in [0.4, 0.5) is 18.0 Å². The Bertz CT molecular complexity index is 742. The smallest absolute Gasteiger partial charge is 0.416 e. The van der Waals surface area contributed by atoms with Crippen LogP contribution < -0.4 is 5.32 Å². The molecule has 1 aliphatic carbocycles. The van der Waals surface area contributed by atoms with Crippen LogP contribution in [0.5, 0.6) is 0 Å². The molecule has 1 aliphatic heterocycles. The number of benzene rings is 1. The fourth-order valence-corrected chi connectivity index (χ4v) is 3.31. The van der Waals surface area contributed by atoms with Gasteiger partial charge in [-0.2, -0.15) is 13.2 Å². The molecular formula is C17H17F3N2O4. The van der Waals surface area contributed by atoms with E-state index in [1.54, 1.807) is 0 Å². The van der Waals surface area contributed by atoms with E-state index in [4.69, 9.17) is 4.74 Å². The van der Waals surface area contributed by atoms with Crippen molar-refractivity contribution in [1.29, 1.82) is 0 Å². The van der Waals surface area contributed by atoms with E-state index in [9.17, 15) is 27.6 Å². The zero-order valence-electron chi connectivity index (χ0n) is 13.8. The lowest BCUT2D eigenvalue weighted by Crippen LogP contribution is -2.44. The van der Waals surface area contributed by atoms with Crippen molar-refractivity contribution >= 4 is 17.9 Å². The number of nitrogens with zero attached hydrogens (tertiary/aromatic N) is 1. The standard InChI is InChI=1S/C17H17F3N2O4/c18-17(19,20)12-5-3-4-11(8-12)10-26-13(23)9-22-14(24)16(21-15(22)25)6-1-2-7-16/h3-5,8H,1-2,6-7,9-10H2,(H,21,25). The molecule has 1 aromatic carbocycles. The van der Waals surface area contributed by atoms with E-state index in [1.165, 1.54) is 12.1 Å². The van der Waals surface area contributed by atoms with Crippen molar-refractivity contribution in [2.24, 2.45) is 0 Å². The zero-order valence-corrected chi connectivity index (χ0v) is 13.8. The molecule has 1 saturated carbocycles. The molecule has 0 bridgehead atoms. The Hall–Kier alpha value is -2.58. The zero-order chi connectivity index (χ0) is 18.9. The molecule has 0 atom stereocenters. The maximum atomic E-state index is 12.7. The highest BCUT2D eigenvalue weighted by molar-refractivity contribution is 6.08. The van der Waals surface area contributed by atoms with E-state index < -0.39 is 41.7 Å². The number of nitrogens with one attached hydrogen (secondary N) is 1. The minimum Gasteiger partial charge on any atom is -0.459 e. The van der Waals surface area contributed by atoms with Crippen LogP contribution in [0.1, 0.15) is 36.8 Å². The average Bonchev–Trinajstić information content (AvgIpc) is 3.14. The molecule has 1 saturated heterocycles. The highest BCUT2D eigenvalue weighted by atomic mass is 19.4. The Kier molecular flexibility index (Phi) is 4.64. The van der Waals surface area contributed by atoms with Crippen LogP contribution >= 0.6 is 0 Å². The predicted molar refractivity (Wildman–Crippen MR) is 82.7 cm³/mol. The molecule has 0 aromatic heterocycles. The Labute approximate surface area is 147 Å². The normalized spacial score (nSPS) is 19.1. The third-order valence-corrected chi connectivity index (χ3v) is 4.64. The molecule has 26 heavy (non-hydrogen) atoms.